The van der Waals surface area contributed by atoms with E-state index in [2.05, 4.69) is 5.32 Å². The van der Waals surface area contributed by atoms with Gasteiger partial charge < -0.3 is 20.3 Å². The SMILES string of the molecule is COc1ccc(NCc2cn(-c3ccc(C(=O)O)cc3)nc2-c2ccc(C(=O)O)cc2)cc1. The Balaban J connectivity index is 1.67. The normalized spacial score (nSPS) is 10.6. The summed E-state index contributed by atoms with van der Waals surface area (Å²) >= 11 is 0. The Labute approximate surface area is 189 Å². The first-order valence-electron chi connectivity index (χ1n) is 10.1. The third kappa shape index (κ3) is 4.85. The minimum absolute atomic E-state index is 0.191. The van der Waals surface area contributed by atoms with Crippen LogP contribution in [0.15, 0.2) is 79.0 Å². The average molecular weight is 443 g/mol. The number of benzene rings is 3. The van der Waals surface area contributed by atoms with Crippen LogP contribution in [0.4, 0.5) is 5.69 Å². The first-order chi connectivity index (χ1) is 15.9. The highest BCUT2D eigenvalue weighted by Gasteiger charge is 2.14. The standard InChI is InChI=1S/C25H21N3O5/c1-33-22-12-8-20(9-13-22)26-14-19-15-28(21-10-6-18(7-11-21)25(31)32)27-23(19)16-2-4-17(5-3-16)24(29)30/h2-13,15,26H,14H2,1H3,(H,29,30)(H,31,32). The summed E-state index contributed by atoms with van der Waals surface area (Å²) in [5.41, 5.74) is 4.34. The Bertz CT molecular complexity index is 1280. The number of ether oxygens (including phenoxy) is 1. The second-order valence-electron chi connectivity index (χ2n) is 7.26. The van der Waals surface area contributed by atoms with Crippen molar-refractivity contribution in [2.75, 3.05) is 12.4 Å². The molecule has 3 N–H and O–H groups in total. The first kappa shape index (κ1) is 21.6. The summed E-state index contributed by atoms with van der Waals surface area (Å²) < 4.78 is 6.87. The van der Waals surface area contributed by atoms with Crippen molar-refractivity contribution in [1.82, 2.24) is 9.78 Å². The lowest BCUT2D eigenvalue weighted by molar-refractivity contribution is 0.0686. The van der Waals surface area contributed by atoms with Crippen LogP contribution in [0.3, 0.4) is 0 Å². The molecule has 0 fully saturated rings. The maximum absolute atomic E-state index is 11.2. The fraction of sp³-hybridized carbons (Fsp3) is 0.0800. The zero-order valence-corrected chi connectivity index (χ0v) is 17.7. The molecular formula is C25H21N3O5. The Morgan fingerprint density at radius 3 is 2.00 bits per heavy atom. The first-order valence-corrected chi connectivity index (χ1v) is 10.1. The average Bonchev–Trinajstić information content (AvgIpc) is 3.27. The van der Waals surface area contributed by atoms with Crippen molar-refractivity contribution in [3.05, 3.63) is 95.7 Å². The van der Waals surface area contributed by atoms with Crippen molar-refractivity contribution >= 4 is 17.6 Å². The van der Waals surface area contributed by atoms with E-state index in [0.29, 0.717) is 17.9 Å². The van der Waals surface area contributed by atoms with Gasteiger partial charge in [0, 0.05) is 29.6 Å². The van der Waals surface area contributed by atoms with Gasteiger partial charge in [-0.05, 0) is 60.7 Å². The molecule has 0 bridgehead atoms. The van der Waals surface area contributed by atoms with Crippen molar-refractivity contribution in [1.29, 1.82) is 0 Å². The van der Waals surface area contributed by atoms with Gasteiger partial charge in [0.2, 0.25) is 0 Å². The predicted molar refractivity (Wildman–Crippen MR) is 123 cm³/mol. The summed E-state index contributed by atoms with van der Waals surface area (Å²) in [7, 11) is 1.61. The Morgan fingerprint density at radius 1 is 0.879 bits per heavy atom. The summed E-state index contributed by atoms with van der Waals surface area (Å²) in [6.07, 6.45) is 1.87. The topological polar surface area (TPSA) is 114 Å². The molecule has 8 nitrogen and oxygen atoms in total. The number of nitrogens with one attached hydrogen (secondary N) is 1. The largest absolute Gasteiger partial charge is 0.497 e. The maximum Gasteiger partial charge on any atom is 0.335 e. The number of hydrogen-bond donors (Lipinski definition) is 3. The minimum atomic E-state index is -0.995. The van der Waals surface area contributed by atoms with Crippen LogP contribution in [-0.2, 0) is 6.54 Å². The molecule has 4 aromatic rings. The quantitative estimate of drug-likeness (QED) is 0.366. The summed E-state index contributed by atoms with van der Waals surface area (Å²) in [5, 5.41) is 26.4. The van der Waals surface area contributed by atoms with Crippen LogP contribution in [0.2, 0.25) is 0 Å². The molecule has 0 atom stereocenters. The number of hydrogen-bond acceptors (Lipinski definition) is 5. The summed E-state index contributed by atoms with van der Waals surface area (Å²) in [5.74, 6) is -1.23. The molecule has 1 aromatic heterocycles. The van der Waals surface area contributed by atoms with Gasteiger partial charge in [-0.3, -0.25) is 0 Å². The lowest BCUT2D eigenvalue weighted by atomic mass is 10.1. The number of aromatic nitrogens is 2. The zero-order valence-electron chi connectivity index (χ0n) is 17.7. The molecule has 166 valence electrons. The molecular weight excluding hydrogens is 422 g/mol. The van der Waals surface area contributed by atoms with Gasteiger partial charge in [0.15, 0.2) is 0 Å². The molecule has 3 aromatic carbocycles. The number of carbonyl (C=O) groups is 2. The van der Waals surface area contributed by atoms with E-state index >= 15 is 0 Å². The zero-order chi connectivity index (χ0) is 23.4. The molecule has 0 spiro atoms. The summed E-state index contributed by atoms with van der Waals surface area (Å²) in [6.45, 7) is 0.468. The Morgan fingerprint density at radius 2 is 1.45 bits per heavy atom. The van der Waals surface area contributed by atoms with Gasteiger partial charge in [-0.15, -0.1) is 0 Å². The van der Waals surface area contributed by atoms with E-state index in [1.807, 2.05) is 30.5 Å². The van der Waals surface area contributed by atoms with Gasteiger partial charge >= 0.3 is 11.9 Å². The number of carboxylic acids is 2. The number of methoxy groups -OCH3 is 1. The third-order valence-corrected chi connectivity index (χ3v) is 5.15. The molecule has 0 aliphatic heterocycles. The highest BCUT2D eigenvalue weighted by molar-refractivity contribution is 5.88. The maximum atomic E-state index is 11.2. The number of carboxylic acid groups (broad SMARTS) is 2. The van der Waals surface area contributed by atoms with E-state index in [1.54, 1.807) is 48.2 Å². The van der Waals surface area contributed by atoms with Crippen molar-refractivity contribution in [2.45, 2.75) is 6.54 Å². The summed E-state index contributed by atoms with van der Waals surface area (Å²) in [4.78, 5) is 22.4. The Hall–Kier alpha value is -4.59. The smallest absolute Gasteiger partial charge is 0.335 e. The van der Waals surface area contributed by atoms with Crippen molar-refractivity contribution in [2.24, 2.45) is 0 Å². The molecule has 0 radical (unpaired) electrons. The molecule has 0 saturated carbocycles. The fourth-order valence-electron chi connectivity index (χ4n) is 3.35. The van der Waals surface area contributed by atoms with Crippen LogP contribution in [0.1, 0.15) is 26.3 Å². The van der Waals surface area contributed by atoms with Crippen molar-refractivity contribution in [3.63, 3.8) is 0 Å². The lowest BCUT2D eigenvalue weighted by Gasteiger charge is -2.08. The number of anilines is 1. The van der Waals surface area contributed by atoms with Gasteiger partial charge in [-0.1, -0.05) is 12.1 Å². The van der Waals surface area contributed by atoms with Crippen LogP contribution in [0, 0.1) is 0 Å². The van der Waals surface area contributed by atoms with Gasteiger partial charge in [-0.25, -0.2) is 14.3 Å². The van der Waals surface area contributed by atoms with Gasteiger partial charge in [-0.2, -0.15) is 5.10 Å². The summed E-state index contributed by atoms with van der Waals surface area (Å²) in [6, 6.07) is 20.5. The monoisotopic (exact) mass is 443 g/mol. The highest BCUT2D eigenvalue weighted by atomic mass is 16.5. The van der Waals surface area contributed by atoms with Crippen molar-refractivity contribution < 1.29 is 24.5 Å². The van der Waals surface area contributed by atoms with E-state index in [1.165, 1.54) is 12.1 Å². The molecule has 0 amide bonds. The van der Waals surface area contributed by atoms with E-state index in [4.69, 9.17) is 14.9 Å². The van der Waals surface area contributed by atoms with E-state index in [9.17, 15) is 14.7 Å². The van der Waals surface area contributed by atoms with Crippen LogP contribution in [0.25, 0.3) is 16.9 Å². The number of aromatic carboxylic acids is 2. The van der Waals surface area contributed by atoms with Crippen molar-refractivity contribution in [3.8, 4) is 22.7 Å². The molecule has 0 saturated heterocycles. The molecule has 8 heteroatoms. The molecule has 0 unspecified atom stereocenters. The van der Waals surface area contributed by atoms with Crippen LogP contribution in [0.5, 0.6) is 5.75 Å². The van der Waals surface area contributed by atoms with E-state index in [0.717, 1.165) is 22.6 Å². The van der Waals surface area contributed by atoms with Gasteiger partial charge in [0.1, 0.15) is 5.75 Å². The number of rotatable bonds is 8. The lowest BCUT2D eigenvalue weighted by Crippen LogP contribution is -2.00. The molecule has 4 rings (SSSR count). The van der Waals surface area contributed by atoms with Crippen LogP contribution in [-0.4, -0.2) is 39.0 Å². The minimum Gasteiger partial charge on any atom is -0.497 e. The van der Waals surface area contributed by atoms with Crippen LogP contribution >= 0.6 is 0 Å². The second-order valence-corrected chi connectivity index (χ2v) is 7.26. The molecule has 1 heterocycles. The highest BCUT2D eigenvalue weighted by Crippen LogP contribution is 2.26. The number of nitrogens with zero attached hydrogens (tertiary/aromatic N) is 2. The Kier molecular flexibility index (Phi) is 6.08. The molecule has 0 aliphatic rings. The van der Waals surface area contributed by atoms with Gasteiger partial charge in [0.25, 0.3) is 0 Å². The van der Waals surface area contributed by atoms with Crippen LogP contribution < -0.4 is 10.1 Å². The predicted octanol–water partition coefficient (Wildman–Crippen LogP) is 4.56. The molecule has 33 heavy (non-hydrogen) atoms. The fourth-order valence-corrected chi connectivity index (χ4v) is 3.35. The van der Waals surface area contributed by atoms with E-state index < -0.39 is 11.9 Å². The molecule has 0 aliphatic carbocycles. The van der Waals surface area contributed by atoms with E-state index in [-0.39, 0.29) is 11.1 Å². The third-order valence-electron chi connectivity index (χ3n) is 5.15. The van der Waals surface area contributed by atoms with Gasteiger partial charge in [0.05, 0.1) is 29.6 Å². The second kappa shape index (κ2) is 9.27.